The zero-order valence-electron chi connectivity index (χ0n) is 20.0. The van der Waals surface area contributed by atoms with Gasteiger partial charge < -0.3 is 25.0 Å². The smallest absolute Gasteiger partial charge is 0.404 e. The van der Waals surface area contributed by atoms with Crippen LogP contribution in [-0.2, 0) is 21.1 Å². The molecule has 3 aromatic rings. The van der Waals surface area contributed by atoms with Crippen molar-refractivity contribution >= 4 is 38.3 Å². The number of carbonyl (C=O) groups is 1. The van der Waals surface area contributed by atoms with Crippen molar-refractivity contribution in [2.45, 2.75) is 24.4 Å². The number of fused-ring (bicyclic) bond motifs is 2. The van der Waals surface area contributed by atoms with E-state index in [9.17, 15) is 18.3 Å². The van der Waals surface area contributed by atoms with E-state index in [1.54, 1.807) is 12.1 Å². The highest BCUT2D eigenvalue weighted by Gasteiger charge is 2.53. The van der Waals surface area contributed by atoms with E-state index in [1.165, 1.54) is 0 Å². The van der Waals surface area contributed by atoms with E-state index in [-0.39, 0.29) is 17.2 Å². The lowest BCUT2D eigenvalue weighted by Crippen LogP contribution is -2.57. The predicted molar refractivity (Wildman–Crippen MR) is 136 cm³/mol. The Morgan fingerprint density at radius 1 is 1.17 bits per heavy atom. The summed E-state index contributed by atoms with van der Waals surface area (Å²) in [7, 11) is -3.38. The Morgan fingerprint density at radius 3 is 2.72 bits per heavy atom. The Kier molecular flexibility index (Phi) is 5.34. The van der Waals surface area contributed by atoms with Crippen LogP contribution in [0.1, 0.15) is 11.1 Å². The van der Waals surface area contributed by atoms with Gasteiger partial charge in [0.25, 0.3) is 0 Å². The summed E-state index contributed by atoms with van der Waals surface area (Å²) < 4.78 is 31.3. The van der Waals surface area contributed by atoms with Crippen molar-refractivity contribution in [1.82, 2.24) is 10.3 Å². The molecule has 0 saturated carbocycles. The lowest BCUT2D eigenvalue weighted by Gasteiger charge is -2.41. The van der Waals surface area contributed by atoms with E-state index in [2.05, 4.69) is 16.3 Å². The van der Waals surface area contributed by atoms with E-state index in [0.717, 1.165) is 27.7 Å². The maximum atomic E-state index is 12.9. The van der Waals surface area contributed by atoms with Crippen molar-refractivity contribution in [3.05, 3.63) is 59.7 Å². The average molecular weight is 509 g/mol. The largest absolute Gasteiger partial charge is 0.465 e. The Balaban J connectivity index is 1.43. The summed E-state index contributed by atoms with van der Waals surface area (Å²) in [5.74, 6) is 0.726. The summed E-state index contributed by atoms with van der Waals surface area (Å²) in [5, 5.41) is 13.1. The molecule has 1 unspecified atom stereocenters. The van der Waals surface area contributed by atoms with E-state index < -0.39 is 15.9 Å². The molecule has 9 nitrogen and oxygen atoms in total. The number of pyridine rings is 1. The minimum atomic E-state index is -3.38. The van der Waals surface area contributed by atoms with Crippen LogP contribution in [0.15, 0.2) is 53.4 Å². The number of ether oxygens (including phenoxy) is 1. The minimum absolute atomic E-state index is 0.0156. The first-order valence-electron chi connectivity index (χ1n) is 12.0. The molecular weight excluding hydrogens is 480 g/mol. The number of aryl methyl sites for hydroxylation is 1. The third kappa shape index (κ3) is 3.84. The highest BCUT2D eigenvalue weighted by atomic mass is 32.2. The Bertz CT molecular complexity index is 1470. The van der Waals surface area contributed by atoms with Gasteiger partial charge in [0.1, 0.15) is 5.82 Å². The second-order valence-electron chi connectivity index (χ2n) is 10.1. The maximum Gasteiger partial charge on any atom is 0.404 e. The van der Waals surface area contributed by atoms with Crippen molar-refractivity contribution in [3.63, 3.8) is 0 Å². The van der Waals surface area contributed by atoms with Crippen LogP contribution in [0, 0.1) is 12.3 Å². The number of carboxylic acid groups (broad SMARTS) is 1. The van der Waals surface area contributed by atoms with Gasteiger partial charge >= 0.3 is 6.09 Å². The molecule has 4 heterocycles. The van der Waals surface area contributed by atoms with Gasteiger partial charge in [0.15, 0.2) is 9.84 Å². The fraction of sp³-hybridized carbons (Fsp3) is 0.385. The van der Waals surface area contributed by atoms with Crippen LogP contribution in [0.5, 0.6) is 0 Å². The van der Waals surface area contributed by atoms with Gasteiger partial charge in [-0.2, -0.15) is 0 Å². The molecule has 0 aliphatic carbocycles. The van der Waals surface area contributed by atoms with Crippen molar-refractivity contribution in [3.8, 4) is 0 Å². The third-order valence-corrected chi connectivity index (χ3v) is 9.41. The maximum absolute atomic E-state index is 12.9. The van der Waals surface area contributed by atoms with Gasteiger partial charge in [0.05, 0.1) is 40.8 Å². The zero-order chi connectivity index (χ0) is 25.1. The lowest BCUT2D eigenvalue weighted by atomic mass is 9.81. The van der Waals surface area contributed by atoms with Gasteiger partial charge in [-0.05, 0) is 30.7 Å². The standard InChI is InChI=1S/C26H28N4O5S/c1-17-6-7-20-19(10-17)21(30-13-23(28-25(31)32)26(14-30)15-35-16-26)11-24(27-20)29-8-9-36(33,34)22-5-3-2-4-18(22)12-29/h2-7,10-11,23,28H,8-9,12-16H2,1H3,(H,31,32). The molecule has 10 heteroatoms. The molecule has 0 radical (unpaired) electrons. The monoisotopic (exact) mass is 508 g/mol. The second-order valence-corrected chi connectivity index (χ2v) is 12.2. The molecule has 2 N–H and O–H groups in total. The molecule has 188 valence electrons. The number of rotatable bonds is 3. The van der Waals surface area contributed by atoms with Gasteiger partial charge in [-0.1, -0.05) is 29.8 Å². The van der Waals surface area contributed by atoms with Crippen LogP contribution in [-0.4, -0.2) is 69.2 Å². The minimum Gasteiger partial charge on any atom is -0.465 e. The number of benzene rings is 2. The average Bonchev–Trinajstić information content (AvgIpc) is 3.14. The first kappa shape index (κ1) is 23.1. The van der Waals surface area contributed by atoms with Crippen LogP contribution < -0.4 is 15.1 Å². The normalized spacial score (nSPS) is 22.2. The molecule has 1 spiro atoms. The molecular formula is C26H28N4O5S. The van der Waals surface area contributed by atoms with Gasteiger partial charge in [0.2, 0.25) is 0 Å². The fourth-order valence-corrected chi connectivity index (χ4v) is 7.15. The van der Waals surface area contributed by atoms with Gasteiger partial charge in [-0.15, -0.1) is 0 Å². The molecule has 3 aliphatic heterocycles. The topological polar surface area (TPSA) is 112 Å². The molecule has 0 bridgehead atoms. The highest BCUT2D eigenvalue weighted by Crippen LogP contribution is 2.42. The molecule has 2 fully saturated rings. The first-order valence-corrected chi connectivity index (χ1v) is 13.7. The van der Waals surface area contributed by atoms with Crippen molar-refractivity contribution in [2.75, 3.05) is 48.4 Å². The summed E-state index contributed by atoms with van der Waals surface area (Å²) in [4.78, 5) is 21.1. The molecule has 2 aromatic carbocycles. The van der Waals surface area contributed by atoms with Crippen LogP contribution >= 0.6 is 0 Å². The second kappa shape index (κ2) is 8.35. The molecule has 1 atom stereocenters. The van der Waals surface area contributed by atoms with Gasteiger partial charge in [0, 0.05) is 43.3 Å². The highest BCUT2D eigenvalue weighted by molar-refractivity contribution is 7.91. The Labute approximate surface area is 209 Å². The third-order valence-electron chi connectivity index (χ3n) is 7.62. The molecule has 1 aromatic heterocycles. The number of nitrogens with zero attached hydrogens (tertiary/aromatic N) is 3. The zero-order valence-corrected chi connectivity index (χ0v) is 20.8. The molecule has 6 rings (SSSR count). The molecule has 3 aliphatic rings. The summed E-state index contributed by atoms with van der Waals surface area (Å²) in [6, 6.07) is 15.1. The molecule has 1 amide bonds. The first-order chi connectivity index (χ1) is 17.2. The van der Waals surface area contributed by atoms with Gasteiger partial charge in [-0.3, -0.25) is 0 Å². The summed E-state index contributed by atoms with van der Waals surface area (Å²) >= 11 is 0. The van der Waals surface area contributed by atoms with Crippen LogP contribution in [0.4, 0.5) is 16.3 Å². The number of nitrogens with one attached hydrogen (secondary N) is 1. The fourth-order valence-electron chi connectivity index (χ4n) is 5.65. The van der Waals surface area contributed by atoms with Crippen molar-refractivity contribution in [2.24, 2.45) is 5.41 Å². The SMILES string of the molecule is Cc1ccc2nc(N3CCS(=O)(=O)c4ccccc4C3)cc(N3CC(NC(=O)O)C4(COC4)C3)c2c1. The number of aromatic nitrogens is 1. The molecule has 2 saturated heterocycles. The number of hydrogen-bond acceptors (Lipinski definition) is 7. The number of hydrogen-bond donors (Lipinski definition) is 2. The van der Waals surface area contributed by atoms with E-state index in [0.29, 0.717) is 50.1 Å². The number of sulfone groups is 1. The quantitative estimate of drug-likeness (QED) is 0.556. The molecule has 36 heavy (non-hydrogen) atoms. The Morgan fingerprint density at radius 2 is 1.97 bits per heavy atom. The van der Waals surface area contributed by atoms with Gasteiger partial charge in [-0.25, -0.2) is 18.2 Å². The van der Waals surface area contributed by atoms with Crippen LogP contribution in [0.2, 0.25) is 0 Å². The summed E-state index contributed by atoms with van der Waals surface area (Å²) in [6.07, 6.45) is -1.03. The van der Waals surface area contributed by atoms with E-state index in [1.807, 2.05) is 42.2 Å². The van der Waals surface area contributed by atoms with Crippen LogP contribution in [0.3, 0.4) is 0 Å². The number of anilines is 2. The summed E-state index contributed by atoms with van der Waals surface area (Å²) in [5.41, 5.74) is 3.41. The Hall–Kier alpha value is -3.37. The van der Waals surface area contributed by atoms with Crippen molar-refractivity contribution in [1.29, 1.82) is 0 Å². The van der Waals surface area contributed by atoms with E-state index in [4.69, 9.17) is 9.72 Å². The van der Waals surface area contributed by atoms with E-state index >= 15 is 0 Å². The summed E-state index contributed by atoms with van der Waals surface area (Å²) in [6.45, 7) is 5.05. The lowest BCUT2D eigenvalue weighted by molar-refractivity contribution is -0.111. The van der Waals surface area contributed by atoms with Crippen LogP contribution in [0.25, 0.3) is 10.9 Å². The number of amides is 1. The van der Waals surface area contributed by atoms with Crippen molar-refractivity contribution < 1.29 is 23.1 Å². The predicted octanol–water partition coefficient (Wildman–Crippen LogP) is 2.81.